The highest BCUT2D eigenvalue weighted by atomic mass is 16.5. The van der Waals surface area contributed by atoms with E-state index in [0.29, 0.717) is 12.7 Å². The predicted molar refractivity (Wildman–Crippen MR) is 52.1 cm³/mol. The summed E-state index contributed by atoms with van der Waals surface area (Å²) in [4.78, 5) is 0. The van der Waals surface area contributed by atoms with Crippen LogP contribution in [0.2, 0.25) is 0 Å². The molecular weight excluding hydrogens is 160 g/mol. The lowest BCUT2D eigenvalue weighted by Gasteiger charge is -2.44. The van der Waals surface area contributed by atoms with Crippen LogP contribution in [0.25, 0.3) is 0 Å². The van der Waals surface area contributed by atoms with Crippen LogP contribution < -0.4 is 0 Å². The maximum atomic E-state index is 5.73. The lowest BCUT2D eigenvalue weighted by atomic mass is 9.61. The molecule has 5 unspecified atom stereocenters. The molecule has 73 valence electrons. The Morgan fingerprint density at radius 3 is 2.54 bits per heavy atom. The van der Waals surface area contributed by atoms with E-state index < -0.39 is 0 Å². The lowest BCUT2D eigenvalue weighted by molar-refractivity contribution is 0.0229. The zero-order valence-electron chi connectivity index (χ0n) is 8.24. The third kappa shape index (κ3) is 1.16. The molecule has 13 heavy (non-hydrogen) atoms. The maximum absolute atomic E-state index is 5.73. The quantitative estimate of drug-likeness (QED) is 0.633. The minimum absolute atomic E-state index is 0.577. The Bertz CT molecular complexity index is 201. The molecule has 1 heteroatoms. The van der Waals surface area contributed by atoms with Gasteiger partial charge in [-0.1, -0.05) is 0 Å². The molecule has 3 aliphatic carbocycles. The molecule has 0 spiro atoms. The number of fused-ring (bicyclic) bond motifs is 4. The fourth-order valence-corrected chi connectivity index (χ4v) is 3.98. The minimum atomic E-state index is 0.577. The molecule has 0 aromatic heterocycles. The highest BCUT2D eigenvalue weighted by Gasteiger charge is 2.50. The molecule has 3 rings (SSSR count). The summed E-state index contributed by atoms with van der Waals surface area (Å²) < 4.78 is 5.73. The van der Waals surface area contributed by atoms with Gasteiger partial charge in [0, 0.05) is 6.61 Å². The van der Waals surface area contributed by atoms with Crippen LogP contribution in [0.3, 0.4) is 0 Å². The Balaban J connectivity index is 1.71. The summed E-state index contributed by atoms with van der Waals surface area (Å²) in [6.07, 6.45) is 7.88. The van der Waals surface area contributed by atoms with E-state index in [1.165, 1.54) is 32.1 Å². The molecule has 3 aliphatic rings. The van der Waals surface area contributed by atoms with Crippen LogP contribution in [-0.2, 0) is 4.74 Å². The van der Waals surface area contributed by atoms with Gasteiger partial charge >= 0.3 is 0 Å². The van der Waals surface area contributed by atoms with Crippen molar-refractivity contribution in [3.05, 3.63) is 6.92 Å². The Labute approximate surface area is 80.8 Å². The SMILES string of the molecule is [CH2]COC1CC2CC1CC1CCC12. The van der Waals surface area contributed by atoms with Crippen LogP contribution in [0.4, 0.5) is 0 Å². The zero-order valence-corrected chi connectivity index (χ0v) is 8.24. The predicted octanol–water partition coefficient (Wildman–Crippen LogP) is 2.66. The second-order valence-corrected chi connectivity index (χ2v) is 5.14. The van der Waals surface area contributed by atoms with Gasteiger partial charge in [0.1, 0.15) is 0 Å². The van der Waals surface area contributed by atoms with Crippen molar-refractivity contribution in [1.82, 2.24) is 0 Å². The normalized spacial score (nSPS) is 52.8. The summed E-state index contributed by atoms with van der Waals surface area (Å²) in [6.45, 7) is 4.46. The fraction of sp³-hybridized carbons (Fsp3) is 0.917. The molecule has 0 aromatic rings. The standard InChI is InChI=1S/C12H19O/c1-2-13-12-7-9-6-10(12)5-8-3-4-11(8)9/h8-12H,1-7H2. The van der Waals surface area contributed by atoms with E-state index >= 15 is 0 Å². The summed E-state index contributed by atoms with van der Waals surface area (Å²) in [6, 6.07) is 0. The minimum Gasteiger partial charge on any atom is -0.378 e. The molecule has 0 saturated heterocycles. The Morgan fingerprint density at radius 1 is 1.00 bits per heavy atom. The van der Waals surface area contributed by atoms with Gasteiger partial charge in [0.25, 0.3) is 0 Å². The summed E-state index contributed by atoms with van der Waals surface area (Å²) in [5.74, 6) is 4.10. The van der Waals surface area contributed by atoms with Crippen LogP contribution >= 0.6 is 0 Å². The van der Waals surface area contributed by atoms with Gasteiger partial charge in [-0.25, -0.2) is 0 Å². The van der Waals surface area contributed by atoms with Crippen molar-refractivity contribution >= 4 is 0 Å². The van der Waals surface area contributed by atoms with Gasteiger partial charge < -0.3 is 4.74 Å². The van der Waals surface area contributed by atoms with Crippen molar-refractivity contribution in [2.45, 2.75) is 38.2 Å². The van der Waals surface area contributed by atoms with E-state index in [1.807, 2.05) is 0 Å². The van der Waals surface area contributed by atoms with E-state index in [2.05, 4.69) is 6.92 Å². The van der Waals surface area contributed by atoms with Crippen LogP contribution in [-0.4, -0.2) is 12.7 Å². The average molecular weight is 179 g/mol. The van der Waals surface area contributed by atoms with Crippen LogP contribution in [0, 0.1) is 30.6 Å². The maximum Gasteiger partial charge on any atom is 0.0606 e. The van der Waals surface area contributed by atoms with Gasteiger partial charge in [-0.3, -0.25) is 0 Å². The highest BCUT2D eigenvalue weighted by Crippen LogP contribution is 2.56. The van der Waals surface area contributed by atoms with Gasteiger partial charge in [-0.15, -0.1) is 0 Å². The first-order valence-corrected chi connectivity index (χ1v) is 5.79. The smallest absolute Gasteiger partial charge is 0.0606 e. The van der Waals surface area contributed by atoms with E-state index in [-0.39, 0.29) is 0 Å². The van der Waals surface area contributed by atoms with Crippen LogP contribution in [0.1, 0.15) is 32.1 Å². The third-order valence-electron chi connectivity index (χ3n) is 4.69. The first-order chi connectivity index (χ1) is 6.38. The summed E-state index contributed by atoms with van der Waals surface area (Å²) in [5.41, 5.74) is 0. The van der Waals surface area contributed by atoms with E-state index in [4.69, 9.17) is 4.74 Å². The average Bonchev–Trinajstić information content (AvgIpc) is 2.39. The molecule has 3 fully saturated rings. The number of rotatable bonds is 2. The van der Waals surface area contributed by atoms with E-state index in [0.717, 1.165) is 23.7 Å². The second kappa shape index (κ2) is 2.98. The van der Waals surface area contributed by atoms with Gasteiger partial charge in [-0.2, -0.15) is 0 Å². The Morgan fingerprint density at radius 2 is 1.85 bits per heavy atom. The van der Waals surface area contributed by atoms with E-state index in [9.17, 15) is 0 Å². The van der Waals surface area contributed by atoms with Crippen molar-refractivity contribution in [3.63, 3.8) is 0 Å². The third-order valence-corrected chi connectivity index (χ3v) is 4.69. The number of ether oxygens (including phenoxy) is 1. The van der Waals surface area contributed by atoms with Crippen LogP contribution in [0.15, 0.2) is 0 Å². The van der Waals surface area contributed by atoms with Gasteiger partial charge in [0.15, 0.2) is 0 Å². The Kier molecular flexibility index (Phi) is 1.90. The molecule has 0 N–H and O–H groups in total. The van der Waals surface area contributed by atoms with Crippen molar-refractivity contribution in [2.75, 3.05) is 6.61 Å². The first kappa shape index (κ1) is 8.28. The lowest BCUT2D eigenvalue weighted by Crippen LogP contribution is -2.36. The molecule has 0 aliphatic heterocycles. The molecule has 0 aromatic carbocycles. The van der Waals surface area contributed by atoms with Crippen molar-refractivity contribution in [2.24, 2.45) is 23.7 Å². The Hall–Kier alpha value is -0.0400. The van der Waals surface area contributed by atoms with Gasteiger partial charge in [0.2, 0.25) is 0 Å². The highest BCUT2D eigenvalue weighted by molar-refractivity contribution is 5.00. The van der Waals surface area contributed by atoms with Crippen molar-refractivity contribution in [1.29, 1.82) is 0 Å². The molecule has 5 atom stereocenters. The van der Waals surface area contributed by atoms with Gasteiger partial charge in [0.05, 0.1) is 6.10 Å². The molecule has 1 radical (unpaired) electrons. The van der Waals surface area contributed by atoms with Crippen molar-refractivity contribution in [3.8, 4) is 0 Å². The van der Waals surface area contributed by atoms with E-state index in [1.54, 1.807) is 0 Å². The topological polar surface area (TPSA) is 9.23 Å². The first-order valence-electron chi connectivity index (χ1n) is 5.79. The molecule has 3 saturated carbocycles. The largest absolute Gasteiger partial charge is 0.378 e. The number of hydrogen-bond donors (Lipinski definition) is 0. The summed E-state index contributed by atoms with van der Waals surface area (Å²) in [5, 5.41) is 0. The molecule has 0 amide bonds. The molecule has 0 heterocycles. The monoisotopic (exact) mass is 179 g/mol. The second-order valence-electron chi connectivity index (χ2n) is 5.14. The molecule has 1 nitrogen and oxygen atoms in total. The fourth-order valence-electron chi connectivity index (χ4n) is 3.98. The molecular formula is C12H19O. The summed E-state index contributed by atoms with van der Waals surface area (Å²) >= 11 is 0. The van der Waals surface area contributed by atoms with Gasteiger partial charge in [-0.05, 0) is 62.7 Å². The van der Waals surface area contributed by atoms with Crippen LogP contribution in [0.5, 0.6) is 0 Å². The number of hydrogen-bond acceptors (Lipinski definition) is 1. The molecule has 2 bridgehead atoms. The summed E-state index contributed by atoms with van der Waals surface area (Å²) in [7, 11) is 0. The van der Waals surface area contributed by atoms with Crippen molar-refractivity contribution < 1.29 is 4.74 Å². The zero-order chi connectivity index (χ0) is 8.84.